The Morgan fingerprint density at radius 3 is 2.79 bits per heavy atom. The maximum absolute atomic E-state index is 5.81. The van der Waals surface area contributed by atoms with Gasteiger partial charge in [0.25, 0.3) is 0 Å². The van der Waals surface area contributed by atoms with Crippen molar-refractivity contribution in [3.8, 4) is 0 Å². The molecule has 0 fully saturated rings. The fraction of sp³-hybridized carbons (Fsp3) is 0.538. The van der Waals surface area contributed by atoms with Crippen molar-refractivity contribution in [1.29, 1.82) is 0 Å². The summed E-state index contributed by atoms with van der Waals surface area (Å²) in [5.41, 5.74) is 10.1. The normalized spacial score (nSPS) is 23.5. The van der Waals surface area contributed by atoms with Crippen LogP contribution in [0.2, 0.25) is 0 Å². The van der Waals surface area contributed by atoms with Gasteiger partial charge in [0.1, 0.15) is 0 Å². The Hall–Kier alpha value is -0.980. The largest absolute Gasteiger partial charge is 0.399 e. The Morgan fingerprint density at radius 2 is 2.14 bits per heavy atom. The second-order valence-corrected chi connectivity index (χ2v) is 5.08. The monoisotopic (exact) mass is 189 g/mol. The molecule has 0 aliphatic heterocycles. The average Bonchev–Trinajstić information content (AvgIpc) is 2.33. The van der Waals surface area contributed by atoms with Crippen LogP contribution in [-0.4, -0.2) is 0 Å². The fourth-order valence-corrected chi connectivity index (χ4v) is 2.93. The van der Waals surface area contributed by atoms with Crippen LogP contribution in [0.3, 0.4) is 0 Å². The highest BCUT2D eigenvalue weighted by molar-refractivity contribution is 5.49. The van der Waals surface area contributed by atoms with E-state index in [-0.39, 0.29) is 0 Å². The van der Waals surface area contributed by atoms with E-state index in [0.717, 1.165) is 5.69 Å². The van der Waals surface area contributed by atoms with Crippen molar-refractivity contribution in [2.45, 2.75) is 39.5 Å². The lowest BCUT2D eigenvalue weighted by Crippen LogP contribution is -2.16. The van der Waals surface area contributed by atoms with Gasteiger partial charge < -0.3 is 5.73 Å². The molecule has 0 aromatic heterocycles. The molecule has 0 radical (unpaired) electrons. The van der Waals surface area contributed by atoms with Gasteiger partial charge in [-0.1, -0.05) is 26.8 Å². The van der Waals surface area contributed by atoms with Crippen LogP contribution in [0.5, 0.6) is 0 Å². The minimum absolute atomic E-state index is 0.408. The SMILES string of the molecule is CCC1c2ccc(N)cc2CC1(C)C. The second-order valence-electron chi connectivity index (χ2n) is 5.08. The number of rotatable bonds is 1. The number of hydrogen-bond acceptors (Lipinski definition) is 1. The van der Waals surface area contributed by atoms with E-state index in [4.69, 9.17) is 5.73 Å². The molecule has 0 bridgehead atoms. The standard InChI is InChI=1S/C13H19N/c1-4-12-11-6-5-10(14)7-9(11)8-13(12,2)3/h5-7,12H,4,8,14H2,1-3H3. The van der Waals surface area contributed by atoms with Crippen molar-refractivity contribution in [3.05, 3.63) is 29.3 Å². The quantitative estimate of drug-likeness (QED) is 0.674. The maximum Gasteiger partial charge on any atom is 0.0316 e. The van der Waals surface area contributed by atoms with Gasteiger partial charge in [-0.05, 0) is 47.4 Å². The van der Waals surface area contributed by atoms with Crippen molar-refractivity contribution in [1.82, 2.24) is 0 Å². The number of fused-ring (bicyclic) bond motifs is 1. The first-order valence-electron chi connectivity index (χ1n) is 5.43. The Bertz CT molecular complexity index is 352. The summed E-state index contributed by atoms with van der Waals surface area (Å²) in [7, 11) is 0. The highest BCUT2D eigenvalue weighted by Gasteiger charge is 2.37. The summed E-state index contributed by atoms with van der Waals surface area (Å²) < 4.78 is 0. The third-order valence-electron chi connectivity index (χ3n) is 3.54. The molecule has 1 aromatic rings. The van der Waals surface area contributed by atoms with Crippen molar-refractivity contribution < 1.29 is 0 Å². The number of nitrogens with two attached hydrogens (primary N) is 1. The van der Waals surface area contributed by atoms with Gasteiger partial charge in [-0.15, -0.1) is 0 Å². The van der Waals surface area contributed by atoms with Crippen LogP contribution in [-0.2, 0) is 6.42 Å². The summed E-state index contributed by atoms with van der Waals surface area (Å²) in [4.78, 5) is 0. The van der Waals surface area contributed by atoms with E-state index in [1.807, 2.05) is 6.07 Å². The zero-order valence-electron chi connectivity index (χ0n) is 9.30. The lowest BCUT2D eigenvalue weighted by molar-refractivity contribution is 0.306. The summed E-state index contributed by atoms with van der Waals surface area (Å²) in [6, 6.07) is 6.39. The van der Waals surface area contributed by atoms with Crippen LogP contribution in [0.15, 0.2) is 18.2 Å². The van der Waals surface area contributed by atoms with Gasteiger partial charge in [-0.3, -0.25) is 0 Å². The molecule has 1 aliphatic carbocycles. The highest BCUT2D eigenvalue weighted by Crippen LogP contribution is 2.48. The molecule has 76 valence electrons. The first kappa shape index (κ1) is 9.57. The lowest BCUT2D eigenvalue weighted by atomic mass is 9.78. The van der Waals surface area contributed by atoms with Crippen molar-refractivity contribution in [2.75, 3.05) is 5.73 Å². The molecule has 0 amide bonds. The average molecular weight is 189 g/mol. The Morgan fingerprint density at radius 1 is 1.43 bits per heavy atom. The van der Waals surface area contributed by atoms with E-state index in [2.05, 4.69) is 32.9 Å². The van der Waals surface area contributed by atoms with Gasteiger partial charge >= 0.3 is 0 Å². The third-order valence-corrected chi connectivity index (χ3v) is 3.54. The van der Waals surface area contributed by atoms with Crippen molar-refractivity contribution in [2.24, 2.45) is 5.41 Å². The van der Waals surface area contributed by atoms with Gasteiger partial charge in [0.05, 0.1) is 0 Å². The molecule has 0 heterocycles. The van der Waals surface area contributed by atoms with Gasteiger partial charge in [0.2, 0.25) is 0 Å². The first-order chi connectivity index (χ1) is 6.54. The summed E-state index contributed by atoms with van der Waals surface area (Å²) in [5.74, 6) is 0.707. The molecule has 0 saturated heterocycles. The highest BCUT2D eigenvalue weighted by atomic mass is 14.5. The van der Waals surface area contributed by atoms with Gasteiger partial charge in [0, 0.05) is 5.69 Å². The molecule has 2 N–H and O–H groups in total. The van der Waals surface area contributed by atoms with E-state index in [0.29, 0.717) is 11.3 Å². The molecule has 14 heavy (non-hydrogen) atoms. The molecule has 1 atom stereocenters. The maximum atomic E-state index is 5.81. The fourth-order valence-electron chi connectivity index (χ4n) is 2.93. The third kappa shape index (κ3) is 1.31. The van der Waals surface area contributed by atoms with E-state index >= 15 is 0 Å². The molecular weight excluding hydrogens is 170 g/mol. The topological polar surface area (TPSA) is 26.0 Å². The smallest absolute Gasteiger partial charge is 0.0316 e. The van der Waals surface area contributed by atoms with Crippen molar-refractivity contribution >= 4 is 5.69 Å². The molecule has 1 heteroatoms. The molecule has 0 saturated carbocycles. The molecule has 1 unspecified atom stereocenters. The summed E-state index contributed by atoms with van der Waals surface area (Å²) in [5, 5.41) is 0. The number of hydrogen-bond donors (Lipinski definition) is 1. The van der Waals surface area contributed by atoms with Crippen LogP contribution in [0.1, 0.15) is 44.2 Å². The van der Waals surface area contributed by atoms with E-state index < -0.39 is 0 Å². The molecule has 1 aliphatic rings. The number of nitrogen functional groups attached to an aromatic ring is 1. The summed E-state index contributed by atoms with van der Waals surface area (Å²) in [6.45, 7) is 6.99. The van der Waals surface area contributed by atoms with E-state index in [1.54, 1.807) is 0 Å². The van der Waals surface area contributed by atoms with Crippen LogP contribution in [0.4, 0.5) is 5.69 Å². The first-order valence-corrected chi connectivity index (χ1v) is 5.43. The number of benzene rings is 1. The van der Waals surface area contributed by atoms with Crippen LogP contribution in [0, 0.1) is 5.41 Å². The lowest BCUT2D eigenvalue weighted by Gasteiger charge is -2.26. The summed E-state index contributed by atoms with van der Waals surface area (Å²) >= 11 is 0. The Balaban J connectivity index is 2.48. The van der Waals surface area contributed by atoms with Gasteiger partial charge in [-0.25, -0.2) is 0 Å². The minimum atomic E-state index is 0.408. The van der Waals surface area contributed by atoms with Crippen LogP contribution < -0.4 is 5.73 Å². The molecule has 1 nitrogen and oxygen atoms in total. The predicted octanol–water partition coefficient (Wildman–Crippen LogP) is 3.34. The van der Waals surface area contributed by atoms with Crippen molar-refractivity contribution in [3.63, 3.8) is 0 Å². The zero-order valence-corrected chi connectivity index (χ0v) is 9.30. The molecular formula is C13H19N. The Labute approximate surface area is 86.3 Å². The van der Waals surface area contributed by atoms with Gasteiger partial charge in [-0.2, -0.15) is 0 Å². The molecule has 2 rings (SSSR count). The zero-order chi connectivity index (χ0) is 10.3. The second kappa shape index (κ2) is 3.01. The predicted molar refractivity (Wildman–Crippen MR) is 61.4 cm³/mol. The van der Waals surface area contributed by atoms with E-state index in [9.17, 15) is 0 Å². The molecule has 0 spiro atoms. The van der Waals surface area contributed by atoms with Crippen LogP contribution in [0.25, 0.3) is 0 Å². The Kier molecular flexibility index (Phi) is 2.06. The number of anilines is 1. The van der Waals surface area contributed by atoms with E-state index in [1.165, 1.54) is 24.0 Å². The van der Waals surface area contributed by atoms with Gasteiger partial charge in [0.15, 0.2) is 0 Å². The summed E-state index contributed by atoms with van der Waals surface area (Å²) in [6.07, 6.45) is 2.40. The minimum Gasteiger partial charge on any atom is -0.399 e. The molecule has 1 aromatic carbocycles. The van der Waals surface area contributed by atoms with Crippen LogP contribution >= 0.6 is 0 Å².